The van der Waals surface area contributed by atoms with Crippen LogP contribution in [0.4, 0.5) is 0 Å². The molecule has 0 spiro atoms. The summed E-state index contributed by atoms with van der Waals surface area (Å²) >= 11 is 1.71. The van der Waals surface area contributed by atoms with E-state index in [1.54, 1.807) is 11.3 Å². The van der Waals surface area contributed by atoms with Crippen LogP contribution in [0.2, 0.25) is 0 Å². The van der Waals surface area contributed by atoms with Crippen LogP contribution in [0.3, 0.4) is 0 Å². The highest BCUT2D eigenvalue weighted by molar-refractivity contribution is 7.18. The number of aryl methyl sites for hydroxylation is 2. The molecule has 5 rings (SSSR count). The van der Waals surface area contributed by atoms with Crippen molar-refractivity contribution in [3.05, 3.63) is 70.4 Å². The lowest BCUT2D eigenvalue weighted by atomic mass is 9.99. The number of para-hydroxylation sites is 2. The van der Waals surface area contributed by atoms with Gasteiger partial charge in [-0.05, 0) is 56.0 Å². The number of aromatic nitrogens is 2. The maximum absolute atomic E-state index is 13.3. The summed E-state index contributed by atoms with van der Waals surface area (Å²) in [5, 5.41) is 2.19. The number of likely N-dealkylation sites (tertiary alicyclic amines) is 1. The predicted molar refractivity (Wildman–Crippen MR) is 118 cm³/mol. The van der Waals surface area contributed by atoms with Gasteiger partial charge in [0.05, 0.1) is 28.2 Å². The van der Waals surface area contributed by atoms with E-state index in [0.717, 1.165) is 57.6 Å². The minimum absolute atomic E-state index is 0.0916. The number of benzene rings is 2. The molecule has 0 bridgehead atoms. The Balaban J connectivity index is 1.45. The predicted octanol–water partition coefficient (Wildman–Crippen LogP) is 5.37. The smallest absolute Gasteiger partial charge is 0.227 e. The van der Waals surface area contributed by atoms with Gasteiger partial charge in [-0.2, -0.15) is 0 Å². The van der Waals surface area contributed by atoms with Crippen LogP contribution in [0.15, 0.2) is 48.5 Å². The first kappa shape index (κ1) is 18.3. The molecule has 1 atom stereocenters. The maximum atomic E-state index is 13.3. The van der Waals surface area contributed by atoms with E-state index in [4.69, 9.17) is 9.97 Å². The fraction of sp³-hybridized carbons (Fsp3) is 0.292. The monoisotopic (exact) mass is 401 g/mol. The molecule has 1 fully saturated rings. The third kappa shape index (κ3) is 3.19. The third-order valence-electron chi connectivity index (χ3n) is 5.98. The fourth-order valence-electron chi connectivity index (χ4n) is 4.44. The molecule has 0 radical (unpaired) electrons. The molecule has 0 N–H and O–H groups in total. The highest BCUT2D eigenvalue weighted by Gasteiger charge is 2.32. The van der Waals surface area contributed by atoms with Gasteiger partial charge in [-0.15, -0.1) is 11.3 Å². The first-order chi connectivity index (χ1) is 14.1. The summed E-state index contributed by atoms with van der Waals surface area (Å²) < 4.78 is 1.19. The molecular weight excluding hydrogens is 378 g/mol. The highest BCUT2D eigenvalue weighted by Crippen LogP contribution is 2.37. The summed E-state index contributed by atoms with van der Waals surface area (Å²) in [6.07, 6.45) is 2.41. The standard InChI is InChI=1S/C24H23N3OS/c1-15-17-8-3-4-9-19(17)25-16(2)18(15)14-23(28)27-13-7-11-21(27)24-26-20-10-5-6-12-22(20)29-24/h3-6,8-10,12,21H,7,11,13-14H2,1-2H3. The van der Waals surface area contributed by atoms with Crippen LogP contribution in [0, 0.1) is 13.8 Å². The molecule has 1 amide bonds. The zero-order chi connectivity index (χ0) is 20.0. The van der Waals surface area contributed by atoms with Gasteiger partial charge in [0.15, 0.2) is 0 Å². The summed E-state index contributed by atoms with van der Waals surface area (Å²) in [5.74, 6) is 0.176. The molecule has 1 aliphatic rings. The largest absolute Gasteiger partial charge is 0.333 e. The van der Waals surface area contributed by atoms with E-state index in [2.05, 4.69) is 19.1 Å². The zero-order valence-electron chi connectivity index (χ0n) is 16.7. The normalized spacial score (nSPS) is 16.8. The van der Waals surface area contributed by atoms with Crippen LogP contribution in [-0.4, -0.2) is 27.3 Å². The average Bonchev–Trinajstić information content (AvgIpc) is 3.37. The van der Waals surface area contributed by atoms with E-state index in [1.165, 1.54) is 4.70 Å². The van der Waals surface area contributed by atoms with Crippen molar-refractivity contribution in [3.63, 3.8) is 0 Å². The van der Waals surface area contributed by atoms with Gasteiger partial charge in [0.25, 0.3) is 0 Å². The van der Waals surface area contributed by atoms with Gasteiger partial charge in [0.2, 0.25) is 5.91 Å². The van der Waals surface area contributed by atoms with E-state index in [1.807, 2.05) is 48.2 Å². The topological polar surface area (TPSA) is 46.1 Å². The summed E-state index contributed by atoms with van der Waals surface area (Å²) in [7, 11) is 0. The summed E-state index contributed by atoms with van der Waals surface area (Å²) in [5.41, 5.74) is 5.19. The average molecular weight is 402 g/mol. The molecule has 1 saturated heterocycles. The van der Waals surface area contributed by atoms with Crippen molar-refractivity contribution in [2.24, 2.45) is 0 Å². The number of hydrogen-bond acceptors (Lipinski definition) is 4. The summed E-state index contributed by atoms with van der Waals surface area (Å²) in [6.45, 7) is 4.92. The summed E-state index contributed by atoms with van der Waals surface area (Å²) in [6, 6.07) is 16.5. The molecule has 2 aromatic heterocycles. The number of amides is 1. The van der Waals surface area contributed by atoms with Crippen LogP contribution in [0.5, 0.6) is 0 Å². The van der Waals surface area contributed by atoms with Crippen LogP contribution in [0.1, 0.15) is 40.7 Å². The maximum Gasteiger partial charge on any atom is 0.227 e. The van der Waals surface area contributed by atoms with E-state index in [0.29, 0.717) is 6.42 Å². The number of pyridine rings is 1. The second-order valence-corrected chi connectivity index (χ2v) is 8.82. The number of fused-ring (bicyclic) bond motifs is 2. The number of carbonyl (C=O) groups excluding carboxylic acids is 1. The van der Waals surface area contributed by atoms with Crippen molar-refractivity contribution in [1.29, 1.82) is 0 Å². The SMILES string of the molecule is Cc1nc2ccccc2c(C)c1CC(=O)N1CCCC1c1nc2ccccc2s1. The van der Waals surface area contributed by atoms with E-state index in [9.17, 15) is 4.79 Å². The Morgan fingerprint density at radius 3 is 2.66 bits per heavy atom. The molecule has 3 heterocycles. The molecule has 5 heteroatoms. The minimum atomic E-state index is 0.0916. The molecule has 4 aromatic rings. The quantitative estimate of drug-likeness (QED) is 0.464. The van der Waals surface area contributed by atoms with Crippen LogP contribution >= 0.6 is 11.3 Å². The van der Waals surface area contributed by atoms with E-state index < -0.39 is 0 Å². The van der Waals surface area contributed by atoms with Gasteiger partial charge in [0.1, 0.15) is 5.01 Å². The first-order valence-corrected chi connectivity index (χ1v) is 10.9. The number of nitrogens with zero attached hydrogens (tertiary/aromatic N) is 3. The van der Waals surface area contributed by atoms with Crippen molar-refractivity contribution in [2.45, 2.75) is 39.2 Å². The van der Waals surface area contributed by atoms with Gasteiger partial charge in [0, 0.05) is 17.6 Å². The Morgan fingerprint density at radius 2 is 1.83 bits per heavy atom. The van der Waals surface area contributed by atoms with Crippen LogP contribution in [-0.2, 0) is 11.2 Å². The minimum Gasteiger partial charge on any atom is -0.333 e. The Hall–Kier alpha value is -2.79. The van der Waals surface area contributed by atoms with Gasteiger partial charge in [-0.25, -0.2) is 4.98 Å². The van der Waals surface area contributed by atoms with Gasteiger partial charge < -0.3 is 4.90 Å². The Morgan fingerprint density at radius 1 is 1.07 bits per heavy atom. The Labute approximate surface area is 174 Å². The molecule has 0 aliphatic carbocycles. The lowest BCUT2D eigenvalue weighted by Crippen LogP contribution is -2.32. The molecule has 4 nitrogen and oxygen atoms in total. The fourth-order valence-corrected chi connectivity index (χ4v) is 5.55. The number of thiazole rings is 1. The molecule has 1 unspecified atom stereocenters. The highest BCUT2D eigenvalue weighted by atomic mass is 32.1. The van der Waals surface area contributed by atoms with Crippen molar-refractivity contribution >= 4 is 38.4 Å². The zero-order valence-corrected chi connectivity index (χ0v) is 17.5. The van der Waals surface area contributed by atoms with Crippen molar-refractivity contribution in [2.75, 3.05) is 6.54 Å². The van der Waals surface area contributed by atoms with Crippen molar-refractivity contribution in [1.82, 2.24) is 14.9 Å². The second-order valence-electron chi connectivity index (χ2n) is 7.76. The van der Waals surface area contributed by atoms with Gasteiger partial charge in [-0.1, -0.05) is 30.3 Å². The molecular formula is C24H23N3OS. The first-order valence-electron chi connectivity index (χ1n) is 10.1. The number of carbonyl (C=O) groups is 1. The molecule has 0 saturated carbocycles. The van der Waals surface area contributed by atoms with Crippen molar-refractivity contribution in [3.8, 4) is 0 Å². The Bertz CT molecular complexity index is 1200. The van der Waals surface area contributed by atoms with Crippen LogP contribution in [0.25, 0.3) is 21.1 Å². The van der Waals surface area contributed by atoms with Crippen molar-refractivity contribution < 1.29 is 4.79 Å². The lowest BCUT2D eigenvalue weighted by Gasteiger charge is -2.24. The number of rotatable bonds is 3. The molecule has 29 heavy (non-hydrogen) atoms. The third-order valence-corrected chi connectivity index (χ3v) is 7.12. The Kier molecular flexibility index (Phi) is 4.55. The second kappa shape index (κ2) is 7.23. The van der Waals surface area contributed by atoms with Gasteiger partial charge >= 0.3 is 0 Å². The van der Waals surface area contributed by atoms with E-state index in [-0.39, 0.29) is 11.9 Å². The molecule has 1 aliphatic heterocycles. The molecule has 2 aromatic carbocycles. The lowest BCUT2D eigenvalue weighted by molar-refractivity contribution is -0.131. The van der Waals surface area contributed by atoms with Gasteiger partial charge in [-0.3, -0.25) is 9.78 Å². The van der Waals surface area contributed by atoms with E-state index >= 15 is 0 Å². The number of hydrogen-bond donors (Lipinski definition) is 0. The van der Waals surface area contributed by atoms with Crippen LogP contribution < -0.4 is 0 Å². The molecule has 146 valence electrons. The summed E-state index contributed by atoms with van der Waals surface area (Å²) in [4.78, 5) is 24.9.